The Bertz CT molecular complexity index is 707. The van der Waals surface area contributed by atoms with E-state index >= 15 is 0 Å². The molecule has 1 atom stereocenters. The topological polar surface area (TPSA) is 32.3 Å². The summed E-state index contributed by atoms with van der Waals surface area (Å²) in [6.45, 7) is 0.286. The lowest BCUT2D eigenvalue weighted by molar-refractivity contribution is 0.0941. The monoisotopic (exact) mass is 338 g/mol. The van der Waals surface area contributed by atoms with Crippen molar-refractivity contribution in [3.05, 3.63) is 70.2 Å². The lowest BCUT2D eigenvalue weighted by Crippen LogP contribution is -2.34. The molecule has 0 aliphatic rings. The van der Waals surface area contributed by atoms with Crippen molar-refractivity contribution in [2.45, 2.75) is 6.04 Å². The van der Waals surface area contributed by atoms with Crippen LogP contribution in [0.3, 0.4) is 0 Å². The van der Waals surface area contributed by atoms with Crippen molar-refractivity contribution in [3.8, 4) is 0 Å². The van der Waals surface area contributed by atoms with Crippen LogP contribution in [0, 0.1) is 11.6 Å². The van der Waals surface area contributed by atoms with Gasteiger partial charge in [0.05, 0.1) is 6.04 Å². The van der Waals surface area contributed by atoms with Crippen LogP contribution in [0.4, 0.5) is 8.78 Å². The first-order valence-electron chi connectivity index (χ1n) is 7.04. The molecule has 3 nitrogen and oxygen atoms in total. The number of carbonyl (C=O) groups is 1. The van der Waals surface area contributed by atoms with Crippen molar-refractivity contribution in [2.24, 2.45) is 0 Å². The van der Waals surface area contributed by atoms with Crippen LogP contribution >= 0.6 is 11.6 Å². The molecule has 0 radical (unpaired) electrons. The number of rotatable bonds is 5. The highest BCUT2D eigenvalue weighted by Crippen LogP contribution is 2.25. The molecule has 1 unspecified atom stereocenters. The summed E-state index contributed by atoms with van der Waals surface area (Å²) in [5.74, 6) is -2.50. The minimum Gasteiger partial charge on any atom is -0.350 e. The van der Waals surface area contributed by atoms with E-state index in [2.05, 4.69) is 5.32 Å². The van der Waals surface area contributed by atoms with Gasteiger partial charge in [-0.2, -0.15) is 0 Å². The molecule has 2 aromatic carbocycles. The minimum absolute atomic E-state index is 0.0700. The third-order valence-electron chi connectivity index (χ3n) is 3.53. The first kappa shape index (κ1) is 17.4. The fourth-order valence-corrected chi connectivity index (χ4v) is 2.51. The van der Waals surface area contributed by atoms with E-state index in [0.29, 0.717) is 5.02 Å². The van der Waals surface area contributed by atoms with Gasteiger partial charge in [0, 0.05) is 17.1 Å². The van der Waals surface area contributed by atoms with Crippen molar-refractivity contribution in [3.63, 3.8) is 0 Å². The van der Waals surface area contributed by atoms with Gasteiger partial charge < -0.3 is 10.2 Å². The Kier molecular flexibility index (Phi) is 5.69. The maximum Gasteiger partial charge on any atom is 0.251 e. The molecule has 23 heavy (non-hydrogen) atoms. The predicted molar refractivity (Wildman–Crippen MR) is 86.6 cm³/mol. The number of nitrogens with one attached hydrogen (secondary N) is 1. The van der Waals surface area contributed by atoms with E-state index in [-0.39, 0.29) is 18.2 Å². The molecule has 0 saturated heterocycles. The molecule has 1 amide bonds. The lowest BCUT2D eigenvalue weighted by Gasteiger charge is -2.26. The van der Waals surface area contributed by atoms with Crippen LogP contribution in [0.2, 0.25) is 5.02 Å². The van der Waals surface area contributed by atoms with Crippen molar-refractivity contribution in [2.75, 3.05) is 20.6 Å². The fraction of sp³-hybridized carbons (Fsp3) is 0.235. The average molecular weight is 339 g/mol. The number of likely N-dealkylation sites (N-methyl/N-ethyl adjacent to an activating group) is 1. The van der Waals surface area contributed by atoms with Crippen LogP contribution in [0.5, 0.6) is 0 Å². The molecule has 1 N–H and O–H groups in total. The first-order valence-corrected chi connectivity index (χ1v) is 7.42. The summed E-state index contributed by atoms with van der Waals surface area (Å²) >= 11 is 6.20. The largest absolute Gasteiger partial charge is 0.350 e. The molecule has 0 spiro atoms. The van der Waals surface area contributed by atoms with Gasteiger partial charge in [-0.25, -0.2) is 8.78 Å². The van der Waals surface area contributed by atoms with E-state index in [1.54, 1.807) is 6.07 Å². The Morgan fingerprint density at radius 3 is 2.48 bits per heavy atom. The highest BCUT2D eigenvalue weighted by Gasteiger charge is 2.18. The van der Waals surface area contributed by atoms with Crippen molar-refractivity contribution >= 4 is 17.5 Å². The Hall–Kier alpha value is -1.98. The van der Waals surface area contributed by atoms with Crippen molar-refractivity contribution in [1.29, 1.82) is 0 Å². The quantitative estimate of drug-likeness (QED) is 0.902. The number of amides is 1. The Morgan fingerprint density at radius 2 is 1.87 bits per heavy atom. The molecular weight excluding hydrogens is 322 g/mol. The molecular formula is C17H17ClF2N2O. The summed E-state index contributed by atoms with van der Waals surface area (Å²) in [4.78, 5) is 14.0. The van der Waals surface area contributed by atoms with E-state index in [0.717, 1.165) is 17.7 Å². The third kappa shape index (κ3) is 4.27. The Labute approximate surface area is 138 Å². The number of hydrogen-bond acceptors (Lipinski definition) is 2. The van der Waals surface area contributed by atoms with Gasteiger partial charge in [-0.1, -0.05) is 29.8 Å². The molecule has 122 valence electrons. The standard InChI is InChI=1S/C17H17ClF2N2O/c1-22(2)16(12-5-3-4-6-13(12)18)10-21-17(23)11-7-8-14(19)15(20)9-11/h3-9,16H,10H2,1-2H3,(H,21,23). The zero-order valence-electron chi connectivity index (χ0n) is 12.8. The molecule has 0 saturated carbocycles. The van der Waals surface area contributed by atoms with Crippen molar-refractivity contribution in [1.82, 2.24) is 10.2 Å². The van der Waals surface area contributed by atoms with Crippen LogP contribution in [0.1, 0.15) is 22.0 Å². The van der Waals surface area contributed by atoms with Crippen LogP contribution in [-0.2, 0) is 0 Å². The number of carbonyl (C=O) groups excluding carboxylic acids is 1. The van der Waals surface area contributed by atoms with Gasteiger partial charge >= 0.3 is 0 Å². The van der Waals surface area contributed by atoms with Gasteiger partial charge in [0.2, 0.25) is 0 Å². The maximum atomic E-state index is 13.2. The highest BCUT2D eigenvalue weighted by atomic mass is 35.5. The minimum atomic E-state index is -1.05. The van der Waals surface area contributed by atoms with Crippen LogP contribution in [0.15, 0.2) is 42.5 Å². The van der Waals surface area contributed by atoms with Crippen LogP contribution < -0.4 is 5.32 Å². The van der Waals surface area contributed by atoms with Gasteiger partial charge in [0.25, 0.3) is 5.91 Å². The number of benzene rings is 2. The predicted octanol–water partition coefficient (Wildman–Crippen LogP) is 3.65. The van der Waals surface area contributed by atoms with Gasteiger partial charge in [-0.15, -0.1) is 0 Å². The number of halogens is 3. The van der Waals surface area contributed by atoms with Gasteiger partial charge in [0.1, 0.15) is 0 Å². The van der Waals surface area contributed by atoms with Crippen LogP contribution in [0.25, 0.3) is 0 Å². The third-order valence-corrected chi connectivity index (χ3v) is 3.87. The van der Waals surface area contributed by atoms with Gasteiger partial charge in [-0.3, -0.25) is 4.79 Å². The van der Waals surface area contributed by atoms with E-state index in [9.17, 15) is 13.6 Å². The average Bonchev–Trinajstić information content (AvgIpc) is 2.51. The van der Waals surface area contributed by atoms with E-state index in [1.165, 1.54) is 6.07 Å². The van der Waals surface area contributed by atoms with E-state index in [1.807, 2.05) is 37.2 Å². The molecule has 0 aromatic heterocycles. The zero-order valence-corrected chi connectivity index (χ0v) is 13.6. The first-order chi connectivity index (χ1) is 10.9. The smallest absolute Gasteiger partial charge is 0.251 e. The van der Waals surface area contributed by atoms with Crippen molar-refractivity contribution < 1.29 is 13.6 Å². The van der Waals surface area contributed by atoms with E-state index < -0.39 is 17.5 Å². The molecule has 2 aromatic rings. The summed E-state index contributed by atoms with van der Waals surface area (Å²) < 4.78 is 26.1. The van der Waals surface area contributed by atoms with Crippen LogP contribution in [-0.4, -0.2) is 31.4 Å². The second-order valence-electron chi connectivity index (χ2n) is 5.34. The summed E-state index contributed by atoms with van der Waals surface area (Å²) in [5.41, 5.74) is 0.949. The number of nitrogens with zero attached hydrogens (tertiary/aromatic N) is 1. The number of hydrogen-bond donors (Lipinski definition) is 1. The normalized spacial score (nSPS) is 12.3. The lowest BCUT2D eigenvalue weighted by atomic mass is 10.1. The SMILES string of the molecule is CN(C)C(CNC(=O)c1ccc(F)c(F)c1)c1ccccc1Cl. The molecule has 0 aliphatic heterocycles. The molecule has 2 rings (SSSR count). The summed E-state index contributed by atoms with van der Waals surface area (Å²) in [6, 6.07) is 10.3. The molecule has 0 aliphatic carbocycles. The Morgan fingerprint density at radius 1 is 1.17 bits per heavy atom. The van der Waals surface area contributed by atoms with E-state index in [4.69, 9.17) is 11.6 Å². The van der Waals surface area contributed by atoms with Gasteiger partial charge in [0.15, 0.2) is 11.6 Å². The van der Waals surface area contributed by atoms with Gasteiger partial charge in [-0.05, 0) is 43.9 Å². The fourth-order valence-electron chi connectivity index (χ4n) is 2.24. The molecule has 0 bridgehead atoms. The Balaban J connectivity index is 2.11. The second kappa shape index (κ2) is 7.53. The second-order valence-corrected chi connectivity index (χ2v) is 5.75. The summed E-state index contributed by atoms with van der Waals surface area (Å²) in [7, 11) is 3.75. The summed E-state index contributed by atoms with van der Waals surface area (Å²) in [6.07, 6.45) is 0. The summed E-state index contributed by atoms with van der Waals surface area (Å²) in [5, 5.41) is 3.33. The molecule has 0 fully saturated rings. The highest BCUT2D eigenvalue weighted by molar-refractivity contribution is 6.31. The zero-order chi connectivity index (χ0) is 17.0. The maximum absolute atomic E-state index is 13.2. The molecule has 6 heteroatoms. The molecule has 0 heterocycles.